The Morgan fingerprint density at radius 2 is 2.32 bits per heavy atom. The number of aromatic nitrogens is 2. The van der Waals surface area contributed by atoms with Gasteiger partial charge >= 0.3 is 0 Å². The zero-order chi connectivity index (χ0) is 14.7. The lowest BCUT2D eigenvalue weighted by Gasteiger charge is -2.24. The number of carbonyl (C=O) groups is 1. The summed E-state index contributed by atoms with van der Waals surface area (Å²) in [6.07, 6.45) is 4.49. The predicted octanol–water partition coefficient (Wildman–Crippen LogP) is 2.23. The lowest BCUT2D eigenvalue weighted by Crippen LogP contribution is -2.37. The molecule has 1 amide bonds. The number of hydrogen-bond acceptors (Lipinski definition) is 4. The molecule has 1 aromatic rings. The van der Waals surface area contributed by atoms with Crippen LogP contribution in [0.5, 0.6) is 0 Å². The van der Waals surface area contributed by atoms with Crippen molar-refractivity contribution in [2.24, 2.45) is 0 Å². The zero-order valence-corrected chi connectivity index (χ0v) is 14.7. The highest BCUT2D eigenvalue weighted by atomic mass is 35.5. The van der Waals surface area contributed by atoms with E-state index in [1.54, 1.807) is 0 Å². The van der Waals surface area contributed by atoms with Gasteiger partial charge in [0.1, 0.15) is 0 Å². The topological polar surface area (TPSA) is 61.0 Å². The van der Waals surface area contributed by atoms with Crippen LogP contribution in [0.2, 0.25) is 0 Å². The van der Waals surface area contributed by atoms with Gasteiger partial charge in [0.2, 0.25) is 0 Å². The summed E-state index contributed by atoms with van der Waals surface area (Å²) in [5.74, 6) is 1.23. The van der Waals surface area contributed by atoms with Crippen molar-refractivity contribution in [3.63, 3.8) is 0 Å². The van der Waals surface area contributed by atoms with E-state index < -0.39 is 0 Å². The Balaban J connectivity index is 0.00000176. The minimum absolute atomic E-state index is 0. The Hall–Kier alpha value is -0.720. The van der Waals surface area contributed by atoms with E-state index in [-0.39, 0.29) is 18.3 Å². The van der Waals surface area contributed by atoms with Crippen molar-refractivity contribution in [1.82, 2.24) is 20.4 Å². The number of nitrogens with one attached hydrogen (secondary N) is 2. The molecule has 0 aromatic carbocycles. The molecular formula is C15H25ClN4OS. The number of carbonyl (C=O) groups excluding carboxylic acids is 1. The number of rotatable bonds is 3. The molecule has 0 radical (unpaired) electrons. The van der Waals surface area contributed by atoms with Crippen molar-refractivity contribution < 1.29 is 4.79 Å². The second kappa shape index (κ2) is 8.22. The van der Waals surface area contributed by atoms with Gasteiger partial charge in [-0.25, -0.2) is 0 Å². The third kappa shape index (κ3) is 3.78. The van der Waals surface area contributed by atoms with Crippen molar-refractivity contribution in [3.05, 3.63) is 17.0 Å². The SMILES string of the molecule is CCSC1CCCCN(C(=O)c2n[nH]c3c2CNCC3)C1.Cl. The maximum absolute atomic E-state index is 12.8. The van der Waals surface area contributed by atoms with Crippen molar-refractivity contribution in [1.29, 1.82) is 0 Å². The summed E-state index contributed by atoms with van der Waals surface area (Å²) in [4.78, 5) is 14.9. The van der Waals surface area contributed by atoms with Crippen LogP contribution in [0.25, 0.3) is 0 Å². The van der Waals surface area contributed by atoms with Gasteiger partial charge in [0.05, 0.1) is 0 Å². The van der Waals surface area contributed by atoms with Crippen LogP contribution in [0.1, 0.15) is 47.9 Å². The standard InChI is InChI=1S/C15H24N4OS.ClH/c1-2-21-11-5-3-4-8-19(10-11)15(20)14-12-9-16-7-6-13(12)17-18-14;/h11,16H,2-10H2,1H3,(H,17,18);1H. The smallest absolute Gasteiger partial charge is 0.274 e. The van der Waals surface area contributed by atoms with E-state index in [4.69, 9.17) is 0 Å². The molecular weight excluding hydrogens is 320 g/mol. The number of aromatic amines is 1. The third-order valence-corrected chi connectivity index (χ3v) is 5.52. The largest absolute Gasteiger partial charge is 0.336 e. The number of halogens is 1. The first-order chi connectivity index (χ1) is 10.3. The minimum Gasteiger partial charge on any atom is -0.336 e. The fourth-order valence-corrected chi connectivity index (χ4v) is 4.30. The molecule has 0 spiro atoms. The molecule has 0 aliphatic carbocycles. The maximum Gasteiger partial charge on any atom is 0.274 e. The van der Waals surface area contributed by atoms with Gasteiger partial charge in [-0.3, -0.25) is 9.89 Å². The first kappa shape index (κ1) is 17.6. The summed E-state index contributed by atoms with van der Waals surface area (Å²) in [6.45, 7) is 5.65. The van der Waals surface area contributed by atoms with Crippen LogP contribution in [0.4, 0.5) is 0 Å². The second-order valence-corrected chi connectivity index (χ2v) is 7.36. The van der Waals surface area contributed by atoms with E-state index in [0.717, 1.165) is 56.0 Å². The summed E-state index contributed by atoms with van der Waals surface area (Å²) in [5.41, 5.74) is 2.85. The minimum atomic E-state index is 0. The van der Waals surface area contributed by atoms with Crippen LogP contribution in [-0.4, -0.2) is 51.6 Å². The van der Waals surface area contributed by atoms with Gasteiger partial charge in [-0.05, 0) is 18.6 Å². The van der Waals surface area contributed by atoms with Gasteiger partial charge in [0.25, 0.3) is 5.91 Å². The Kier molecular flexibility index (Phi) is 6.59. The van der Waals surface area contributed by atoms with E-state index in [2.05, 4.69) is 22.4 Å². The molecule has 1 saturated heterocycles. The van der Waals surface area contributed by atoms with Crippen molar-refractivity contribution in [2.75, 3.05) is 25.4 Å². The number of likely N-dealkylation sites (tertiary alicyclic amines) is 1. The summed E-state index contributed by atoms with van der Waals surface area (Å²) in [6, 6.07) is 0. The normalized spacial score (nSPS) is 21.7. The van der Waals surface area contributed by atoms with Crippen molar-refractivity contribution >= 4 is 30.1 Å². The van der Waals surface area contributed by atoms with Gasteiger partial charge in [-0.15, -0.1) is 12.4 Å². The molecule has 3 rings (SSSR count). The molecule has 22 heavy (non-hydrogen) atoms. The Morgan fingerprint density at radius 3 is 3.14 bits per heavy atom. The number of H-pyrrole nitrogens is 1. The molecule has 2 aliphatic heterocycles. The lowest BCUT2D eigenvalue weighted by molar-refractivity contribution is 0.0756. The molecule has 2 N–H and O–H groups in total. The maximum atomic E-state index is 12.8. The van der Waals surface area contributed by atoms with Crippen LogP contribution in [0, 0.1) is 0 Å². The van der Waals surface area contributed by atoms with Gasteiger partial charge in [0, 0.05) is 49.1 Å². The third-order valence-electron chi connectivity index (χ3n) is 4.33. The quantitative estimate of drug-likeness (QED) is 0.882. The van der Waals surface area contributed by atoms with Crippen LogP contribution in [-0.2, 0) is 13.0 Å². The van der Waals surface area contributed by atoms with Crippen LogP contribution >= 0.6 is 24.2 Å². The van der Waals surface area contributed by atoms with E-state index >= 15 is 0 Å². The second-order valence-electron chi connectivity index (χ2n) is 5.78. The predicted molar refractivity (Wildman–Crippen MR) is 92.9 cm³/mol. The number of hydrogen-bond donors (Lipinski definition) is 2. The van der Waals surface area contributed by atoms with E-state index in [9.17, 15) is 4.79 Å². The molecule has 0 bridgehead atoms. The first-order valence-corrected chi connectivity index (χ1v) is 9.02. The molecule has 3 heterocycles. The average molecular weight is 345 g/mol. The van der Waals surface area contributed by atoms with E-state index in [1.807, 2.05) is 16.7 Å². The van der Waals surface area contributed by atoms with Gasteiger partial charge < -0.3 is 10.2 Å². The molecule has 1 atom stereocenters. The van der Waals surface area contributed by atoms with Gasteiger partial charge in [-0.1, -0.05) is 13.3 Å². The lowest BCUT2D eigenvalue weighted by atomic mass is 10.1. The van der Waals surface area contributed by atoms with Crippen LogP contribution in [0.15, 0.2) is 0 Å². The van der Waals surface area contributed by atoms with Crippen LogP contribution < -0.4 is 5.32 Å². The summed E-state index contributed by atoms with van der Waals surface area (Å²) >= 11 is 1.98. The monoisotopic (exact) mass is 344 g/mol. The zero-order valence-electron chi connectivity index (χ0n) is 13.1. The molecule has 124 valence electrons. The van der Waals surface area contributed by atoms with Gasteiger partial charge in [-0.2, -0.15) is 16.9 Å². The number of nitrogens with zero attached hydrogens (tertiary/aromatic N) is 2. The molecule has 2 aliphatic rings. The molecule has 0 saturated carbocycles. The Labute approximate surface area is 142 Å². The molecule has 7 heteroatoms. The number of fused-ring (bicyclic) bond motifs is 1. The highest BCUT2D eigenvalue weighted by molar-refractivity contribution is 7.99. The fourth-order valence-electron chi connectivity index (χ4n) is 3.21. The van der Waals surface area contributed by atoms with Gasteiger partial charge in [0.15, 0.2) is 5.69 Å². The van der Waals surface area contributed by atoms with Crippen LogP contribution in [0.3, 0.4) is 0 Å². The molecule has 5 nitrogen and oxygen atoms in total. The van der Waals surface area contributed by atoms with E-state index in [0.29, 0.717) is 10.9 Å². The van der Waals surface area contributed by atoms with E-state index in [1.165, 1.54) is 12.8 Å². The highest BCUT2D eigenvalue weighted by Crippen LogP contribution is 2.24. The average Bonchev–Trinajstić information content (AvgIpc) is 2.79. The summed E-state index contributed by atoms with van der Waals surface area (Å²) < 4.78 is 0. The summed E-state index contributed by atoms with van der Waals surface area (Å²) in [7, 11) is 0. The molecule has 1 aromatic heterocycles. The van der Waals surface area contributed by atoms with Crippen molar-refractivity contribution in [2.45, 2.75) is 44.4 Å². The van der Waals surface area contributed by atoms with Crippen molar-refractivity contribution in [3.8, 4) is 0 Å². The number of thioether (sulfide) groups is 1. The summed E-state index contributed by atoms with van der Waals surface area (Å²) in [5, 5.41) is 11.3. The highest BCUT2D eigenvalue weighted by Gasteiger charge is 2.28. The molecule has 1 fully saturated rings. The fraction of sp³-hybridized carbons (Fsp3) is 0.733. The molecule has 1 unspecified atom stereocenters. The Morgan fingerprint density at radius 1 is 1.45 bits per heavy atom. The Bertz CT molecular complexity index is 508. The first-order valence-electron chi connectivity index (χ1n) is 7.97. The number of amides is 1.